The van der Waals surface area contributed by atoms with Crippen LogP contribution < -0.4 is 5.43 Å². The number of benzene rings is 2. The standard InChI is InChI=1S/C16H16N2O2/c1-2-12-7-9-13(10-8-12)11-17-18-16(20)14-5-3-4-6-15(14)19/h3-11,19H,2H2,1H3,(H,18,20)/b17-11-. The molecule has 0 atom stereocenters. The smallest absolute Gasteiger partial charge is 0.275 e. The number of nitrogens with zero attached hydrogens (tertiary/aromatic N) is 1. The van der Waals surface area contributed by atoms with Crippen LogP contribution in [-0.4, -0.2) is 17.2 Å². The van der Waals surface area contributed by atoms with Crippen LogP contribution in [0.4, 0.5) is 0 Å². The van der Waals surface area contributed by atoms with E-state index in [2.05, 4.69) is 17.5 Å². The Labute approximate surface area is 117 Å². The summed E-state index contributed by atoms with van der Waals surface area (Å²) in [5, 5.41) is 13.4. The fraction of sp³-hybridized carbons (Fsp3) is 0.125. The van der Waals surface area contributed by atoms with Crippen molar-refractivity contribution in [1.29, 1.82) is 0 Å². The monoisotopic (exact) mass is 268 g/mol. The van der Waals surface area contributed by atoms with Crippen LogP contribution in [-0.2, 0) is 6.42 Å². The average Bonchev–Trinajstić information content (AvgIpc) is 2.48. The third-order valence-corrected chi connectivity index (χ3v) is 2.92. The number of amides is 1. The van der Waals surface area contributed by atoms with Crippen molar-refractivity contribution in [2.45, 2.75) is 13.3 Å². The van der Waals surface area contributed by atoms with Gasteiger partial charge in [0.2, 0.25) is 0 Å². The summed E-state index contributed by atoms with van der Waals surface area (Å²) in [7, 11) is 0. The molecule has 2 N–H and O–H groups in total. The molecule has 2 rings (SSSR count). The fourth-order valence-electron chi connectivity index (χ4n) is 1.73. The molecule has 0 unspecified atom stereocenters. The predicted octanol–water partition coefficient (Wildman–Crippen LogP) is 2.72. The van der Waals surface area contributed by atoms with Gasteiger partial charge < -0.3 is 5.11 Å². The maximum Gasteiger partial charge on any atom is 0.275 e. The predicted molar refractivity (Wildman–Crippen MR) is 79.0 cm³/mol. The molecule has 2 aromatic rings. The lowest BCUT2D eigenvalue weighted by Gasteiger charge is -2.02. The molecule has 0 aliphatic carbocycles. The number of nitrogens with one attached hydrogen (secondary N) is 1. The topological polar surface area (TPSA) is 61.7 Å². The van der Waals surface area contributed by atoms with E-state index in [0.717, 1.165) is 12.0 Å². The Morgan fingerprint density at radius 1 is 1.20 bits per heavy atom. The summed E-state index contributed by atoms with van der Waals surface area (Å²) in [5.74, 6) is -0.503. The van der Waals surface area contributed by atoms with Crippen LogP contribution in [0.2, 0.25) is 0 Å². The number of carbonyl (C=O) groups is 1. The summed E-state index contributed by atoms with van der Waals surface area (Å²) in [6.45, 7) is 2.09. The van der Waals surface area contributed by atoms with Gasteiger partial charge in [0.15, 0.2) is 0 Å². The lowest BCUT2D eigenvalue weighted by atomic mass is 10.1. The van der Waals surface area contributed by atoms with Gasteiger partial charge in [-0.05, 0) is 29.7 Å². The van der Waals surface area contributed by atoms with E-state index in [0.29, 0.717) is 0 Å². The van der Waals surface area contributed by atoms with Crippen LogP contribution in [0.5, 0.6) is 5.75 Å². The van der Waals surface area contributed by atoms with Crippen molar-refractivity contribution in [2.75, 3.05) is 0 Å². The number of carbonyl (C=O) groups excluding carboxylic acids is 1. The van der Waals surface area contributed by atoms with Crippen LogP contribution in [0.25, 0.3) is 0 Å². The molecule has 102 valence electrons. The van der Waals surface area contributed by atoms with E-state index in [1.54, 1.807) is 18.3 Å². The first-order valence-corrected chi connectivity index (χ1v) is 6.41. The zero-order chi connectivity index (χ0) is 14.4. The Morgan fingerprint density at radius 2 is 1.90 bits per heavy atom. The van der Waals surface area contributed by atoms with Gasteiger partial charge in [0, 0.05) is 0 Å². The summed E-state index contributed by atoms with van der Waals surface area (Å²) < 4.78 is 0. The highest BCUT2D eigenvalue weighted by molar-refractivity contribution is 5.97. The van der Waals surface area contributed by atoms with Crippen molar-refractivity contribution >= 4 is 12.1 Å². The van der Waals surface area contributed by atoms with Gasteiger partial charge in [0.25, 0.3) is 5.91 Å². The molecule has 1 amide bonds. The summed E-state index contributed by atoms with van der Waals surface area (Å²) in [4.78, 5) is 11.8. The van der Waals surface area contributed by atoms with Crippen LogP contribution in [0, 0.1) is 0 Å². The van der Waals surface area contributed by atoms with E-state index in [4.69, 9.17) is 0 Å². The summed E-state index contributed by atoms with van der Waals surface area (Å²) in [6.07, 6.45) is 2.55. The Balaban J connectivity index is 1.99. The molecular formula is C16H16N2O2. The van der Waals surface area contributed by atoms with Crippen LogP contribution in [0.3, 0.4) is 0 Å². The Hall–Kier alpha value is -2.62. The minimum Gasteiger partial charge on any atom is -0.507 e. The number of aromatic hydroxyl groups is 1. The molecule has 0 spiro atoms. The number of rotatable bonds is 4. The first kappa shape index (κ1) is 13.8. The Kier molecular flexibility index (Phi) is 4.50. The minimum absolute atomic E-state index is 0.0625. The van der Waals surface area contributed by atoms with Gasteiger partial charge in [-0.1, -0.05) is 43.3 Å². The second-order valence-electron chi connectivity index (χ2n) is 4.31. The molecule has 0 bridgehead atoms. The largest absolute Gasteiger partial charge is 0.507 e. The number of hydrogen-bond acceptors (Lipinski definition) is 3. The molecule has 4 heteroatoms. The lowest BCUT2D eigenvalue weighted by molar-refractivity contribution is 0.0952. The molecule has 0 fully saturated rings. The normalized spacial score (nSPS) is 10.7. The molecule has 0 saturated carbocycles. The second kappa shape index (κ2) is 6.52. The maximum atomic E-state index is 11.8. The van der Waals surface area contributed by atoms with Gasteiger partial charge in [-0.15, -0.1) is 0 Å². The molecule has 0 aliphatic rings. The molecule has 0 saturated heterocycles. The first-order valence-electron chi connectivity index (χ1n) is 6.41. The maximum absolute atomic E-state index is 11.8. The number of aryl methyl sites for hydroxylation is 1. The van der Waals surface area contributed by atoms with Gasteiger partial charge in [-0.25, -0.2) is 5.43 Å². The van der Waals surface area contributed by atoms with E-state index in [9.17, 15) is 9.90 Å². The molecular weight excluding hydrogens is 252 g/mol. The zero-order valence-corrected chi connectivity index (χ0v) is 11.2. The number of phenolic OH excluding ortho intramolecular Hbond substituents is 1. The van der Waals surface area contributed by atoms with E-state index in [-0.39, 0.29) is 11.3 Å². The highest BCUT2D eigenvalue weighted by atomic mass is 16.3. The van der Waals surface area contributed by atoms with E-state index >= 15 is 0 Å². The summed E-state index contributed by atoms with van der Waals surface area (Å²) >= 11 is 0. The number of phenols is 1. The molecule has 4 nitrogen and oxygen atoms in total. The average molecular weight is 268 g/mol. The van der Waals surface area contributed by atoms with Crippen LogP contribution in [0.1, 0.15) is 28.4 Å². The molecule has 0 radical (unpaired) electrons. The van der Waals surface area contributed by atoms with Gasteiger partial charge in [0.05, 0.1) is 11.8 Å². The van der Waals surface area contributed by atoms with Gasteiger partial charge in [-0.2, -0.15) is 5.10 Å². The number of para-hydroxylation sites is 1. The van der Waals surface area contributed by atoms with Crippen molar-refractivity contribution in [2.24, 2.45) is 5.10 Å². The lowest BCUT2D eigenvalue weighted by Crippen LogP contribution is -2.17. The molecule has 0 aliphatic heterocycles. The number of hydrogen-bond donors (Lipinski definition) is 2. The molecule has 2 aromatic carbocycles. The zero-order valence-electron chi connectivity index (χ0n) is 11.2. The van der Waals surface area contributed by atoms with Crippen molar-refractivity contribution < 1.29 is 9.90 Å². The summed E-state index contributed by atoms with van der Waals surface area (Å²) in [5.41, 5.74) is 4.74. The third kappa shape index (κ3) is 3.45. The highest BCUT2D eigenvalue weighted by Gasteiger charge is 2.08. The SMILES string of the molecule is CCc1ccc(/C=N\NC(=O)c2ccccc2O)cc1. The van der Waals surface area contributed by atoms with Crippen molar-refractivity contribution in [1.82, 2.24) is 5.43 Å². The Bertz CT molecular complexity index is 619. The quantitative estimate of drug-likeness (QED) is 0.661. The molecule has 0 heterocycles. The molecule has 0 aromatic heterocycles. The van der Waals surface area contributed by atoms with Gasteiger partial charge in [-0.3, -0.25) is 4.79 Å². The molecule has 20 heavy (non-hydrogen) atoms. The fourth-order valence-corrected chi connectivity index (χ4v) is 1.73. The first-order chi connectivity index (χ1) is 9.70. The van der Waals surface area contributed by atoms with E-state index in [1.165, 1.54) is 17.7 Å². The van der Waals surface area contributed by atoms with Crippen molar-refractivity contribution in [3.8, 4) is 5.75 Å². The second-order valence-corrected chi connectivity index (χ2v) is 4.31. The van der Waals surface area contributed by atoms with E-state index < -0.39 is 5.91 Å². The van der Waals surface area contributed by atoms with Crippen LogP contribution >= 0.6 is 0 Å². The van der Waals surface area contributed by atoms with Crippen LogP contribution in [0.15, 0.2) is 53.6 Å². The minimum atomic E-state index is -0.440. The number of hydrazone groups is 1. The van der Waals surface area contributed by atoms with Crippen molar-refractivity contribution in [3.63, 3.8) is 0 Å². The van der Waals surface area contributed by atoms with Crippen molar-refractivity contribution in [3.05, 3.63) is 65.2 Å². The van der Waals surface area contributed by atoms with Gasteiger partial charge >= 0.3 is 0 Å². The third-order valence-electron chi connectivity index (χ3n) is 2.92. The Morgan fingerprint density at radius 3 is 2.55 bits per heavy atom. The summed E-state index contributed by atoms with van der Waals surface area (Å²) in [6, 6.07) is 14.3. The van der Waals surface area contributed by atoms with Gasteiger partial charge in [0.1, 0.15) is 5.75 Å². The highest BCUT2D eigenvalue weighted by Crippen LogP contribution is 2.14. The van der Waals surface area contributed by atoms with E-state index in [1.807, 2.05) is 24.3 Å².